The Bertz CT molecular complexity index is 763. The Hall–Kier alpha value is -1.31. The predicted octanol–water partition coefficient (Wildman–Crippen LogP) is 2.98. The molecule has 6 nitrogen and oxygen atoms in total. The van der Waals surface area contributed by atoms with Crippen molar-refractivity contribution in [3.8, 4) is 11.5 Å². The second-order valence-electron chi connectivity index (χ2n) is 7.39. The summed E-state index contributed by atoms with van der Waals surface area (Å²) in [6.45, 7) is 2.91. The van der Waals surface area contributed by atoms with Gasteiger partial charge in [-0.25, -0.2) is 8.42 Å². The Morgan fingerprint density at radius 3 is 2.42 bits per heavy atom. The third-order valence-electron chi connectivity index (χ3n) is 5.98. The molecule has 0 amide bonds. The normalized spacial score (nSPS) is 27.0. The maximum absolute atomic E-state index is 13.4. The molecule has 1 saturated heterocycles. The van der Waals surface area contributed by atoms with Gasteiger partial charge in [0, 0.05) is 31.7 Å². The van der Waals surface area contributed by atoms with Gasteiger partial charge in [0.15, 0.2) is 0 Å². The van der Waals surface area contributed by atoms with E-state index in [-0.39, 0.29) is 16.4 Å². The number of ether oxygens (including phenoxy) is 3. The molecule has 2 atom stereocenters. The first-order chi connectivity index (χ1) is 12.4. The summed E-state index contributed by atoms with van der Waals surface area (Å²) >= 11 is 0. The van der Waals surface area contributed by atoms with Crippen molar-refractivity contribution >= 4 is 10.0 Å². The highest BCUT2D eigenvalue weighted by atomic mass is 32.2. The molecule has 1 aromatic carbocycles. The number of sulfonamides is 1. The van der Waals surface area contributed by atoms with Crippen molar-refractivity contribution in [1.82, 2.24) is 4.31 Å². The van der Waals surface area contributed by atoms with Gasteiger partial charge in [-0.2, -0.15) is 4.31 Å². The van der Waals surface area contributed by atoms with E-state index in [1.165, 1.54) is 7.11 Å². The zero-order valence-corrected chi connectivity index (χ0v) is 16.9. The SMILES string of the molecule is COc1cc(S(=O)(=O)N2CCC[C@]3(CCC[C@H]3OC)C2)c(OC)cc1C. The smallest absolute Gasteiger partial charge is 0.246 e. The number of nitrogens with zero attached hydrogens (tertiary/aromatic N) is 1. The fourth-order valence-electron chi connectivity index (χ4n) is 4.63. The Morgan fingerprint density at radius 2 is 1.77 bits per heavy atom. The van der Waals surface area contributed by atoms with Crippen molar-refractivity contribution in [3.63, 3.8) is 0 Å². The topological polar surface area (TPSA) is 65.1 Å². The lowest BCUT2D eigenvalue weighted by Crippen LogP contribution is -2.49. The fourth-order valence-corrected chi connectivity index (χ4v) is 6.35. The summed E-state index contributed by atoms with van der Waals surface area (Å²) in [5, 5.41) is 0. The highest BCUT2D eigenvalue weighted by Crippen LogP contribution is 2.47. The zero-order valence-electron chi connectivity index (χ0n) is 16.1. The molecule has 0 radical (unpaired) electrons. The lowest BCUT2D eigenvalue weighted by Gasteiger charge is -2.43. The van der Waals surface area contributed by atoms with Crippen molar-refractivity contribution in [2.24, 2.45) is 5.41 Å². The summed E-state index contributed by atoms with van der Waals surface area (Å²) in [7, 11) is 1.10. The number of benzene rings is 1. The van der Waals surface area contributed by atoms with E-state index in [1.807, 2.05) is 6.92 Å². The van der Waals surface area contributed by atoms with Gasteiger partial charge in [-0.1, -0.05) is 6.42 Å². The molecule has 0 aromatic heterocycles. The van der Waals surface area contributed by atoms with Crippen LogP contribution in [-0.2, 0) is 14.8 Å². The van der Waals surface area contributed by atoms with Gasteiger partial charge >= 0.3 is 0 Å². The fraction of sp³-hybridized carbons (Fsp3) is 0.684. The van der Waals surface area contributed by atoms with Crippen LogP contribution < -0.4 is 9.47 Å². The van der Waals surface area contributed by atoms with E-state index in [2.05, 4.69) is 0 Å². The van der Waals surface area contributed by atoms with Gasteiger partial charge in [-0.15, -0.1) is 0 Å². The molecule has 26 heavy (non-hydrogen) atoms. The van der Waals surface area contributed by atoms with E-state index in [0.717, 1.165) is 37.7 Å². The average molecular weight is 384 g/mol. The van der Waals surface area contributed by atoms with Crippen LogP contribution in [0.25, 0.3) is 0 Å². The van der Waals surface area contributed by atoms with E-state index >= 15 is 0 Å². The van der Waals surface area contributed by atoms with E-state index in [9.17, 15) is 8.42 Å². The predicted molar refractivity (Wildman–Crippen MR) is 99.4 cm³/mol. The lowest BCUT2D eigenvalue weighted by molar-refractivity contribution is -0.0185. The summed E-state index contributed by atoms with van der Waals surface area (Å²) < 4.78 is 44.9. The van der Waals surface area contributed by atoms with Crippen LogP contribution in [0, 0.1) is 12.3 Å². The molecule has 1 aromatic rings. The number of rotatable bonds is 5. The number of methoxy groups -OCH3 is 3. The molecule has 1 spiro atoms. The first-order valence-corrected chi connectivity index (χ1v) is 10.6. The van der Waals surface area contributed by atoms with Crippen molar-refractivity contribution < 1.29 is 22.6 Å². The molecule has 1 saturated carbocycles. The van der Waals surface area contributed by atoms with Crippen LogP contribution in [0.3, 0.4) is 0 Å². The number of hydrogen-bond donors (Lipinski definition) is 0. The van der Waals surface area contributed by atoms with E-state index in [4.69, 9.17) is 14.2 Å². The third-order valence-corrected chi connectivity index (χ3v) is 7.85. The largest absolute Gasteiger partial charge is 0.496 e. The standard InChI is InChI=1S/C19H29NO5S/c1-14-11-16(24-3)17(12-15(14)23-2)26(21,22)20-10-6-9-19(13-20)8-5-7-18(19)25-4/h11-12,18H,5-10,13H2,1-4H3/t18-,19-/m1/s1. The van der Waals surface area contributed by atoms with E-state index in [0.29, 0.717) is 24.6 Å². The molecule has 0 unspecified atom stereocenters. The molecule has 0 bridgehead atoms. The maximum atomic E-state index is 13.4. The van der Waals surface area contributed by atoms with Crippen LogP contribution in [0.1, 0.15) is 37.7 Å². The van der Waals surface area contributed by atoms with Crippen molar-refractivity contribution in [1.29, 1.82) is 0 Å². The van der Waals surface area contributed by atoms with E-state index < -0.39 is 10.0 Å². The van der Waals surface area contributed by atoms with Gasteiger partial charge in [0.05, 0.1) is 20.3 Å². The number of piperidine rings is 1. The van der Waals surface area contributed by atoms with Gasteiger partial charge in [-0.3, -0.25) is 0 Å². The van der Waals surface area contributed by atoms with Gasteiger partial charge in [0.25, 0.3) is 0 Å². The van der Waals surface area contributed by atoms with Crippen LogP contribution in [0.5, 0.6) is 11.5 Å². The zero-order chi connectivity index (χ0) is 18.9. The molecule has 146 valence electrons. The molecule has 0 N–H and O–H groups in total. The van der Waals surface area contributed by atoms with E-state index in [1.54, 1.807) is 30.7 Å². The molecule has 2 fully saturated rings. The first-order valence-electron chi connectivity index (χ1n) is 9.13. The minimum Gasteiger partial charge on any atom is -0.496 e. The monoisotopic (exact) mass is 383 g/mol. The molecule has 1 heterocycles. The lowest BCUT2D eigenvalue weighted by atomic mass is 9.77. The molecule has 1 aliphatic heterocycles. The average Bonchev–Trinajstić information content (AvgIpc) is 3.02. The van der Waals surface area contributed by atoms with Crippen molar-refractivity contribution in [3.05, 3.63) is 17.7 Å². The molecular weight excluding hydrogens is 354 g/mol. The Kier molecular flexibility index (Phi) is 5.51. The number of aryl methyl sites for hydroxylation is 1. The third kappa shape index (κ3) is 3.21. The quantitative estimate of drug-likeness (QED) is 0.782. The van der Waals surface area contributed by atoms with Gasteiger partial charge in [0.1, 0.15) is 16.4 Å². The minimum absolute atomic E-state index is 0.0674. The van der Waals surface area contributed by atoms with Crippen LogP contribution in [0.2, 0.25) is 0 Å². The summed E-state index contributed by atoms with van der Waals surface area (Å²) in [4.78, 5) is 0.173. The molecule has 7 heteroatoms. The van der Waals surface area contributed by atoms with Gasteiger partial charge in [0.2, 0.25) is 10.0 Å². The molecular formula is C19H29NO5S. The molecule has 1 aliphatic carbocycles. The Balaban J connectivity index is 1.98. The minimum atomic E-state index is -3.68. The van der Waals surface area contributed by atoms with Crippen LogP contribution in [-0.4, -0.2) is 53.2 Å². The van der Waals surface area contributed by atoms with Gasteiger partial charge < -0.3 is 14.2 Å². The van der Waals surface area contributed by atoms with Crippen molar-refractivity contribution in [2.75, 3.05) is 34.4 Å². The van der Waals surface area contributed by atoms with Gasteiger partial charge in [-0.05, 0) is 44.2 Å². The molecule has 3 rings (SSSR count). The summed E-state index contributed by atoms with van der Waals surface area (Å²) in [6, 6.07) is 3.30. The first kappa shape index (κ1) is 19.5. The van der Waals surface area contributed by atoms with Crippen LogP contribution in [0.15, 0.2) is 17.0 Å². The second-order valence-corrected chi connectivity index (χ2v) is 9.30. The summed E-state index contributed by atoms with van der Waals surface area (Å²) in [5.41, 5.74) is 0.774. The highest BCUT2D eigenvalue weighted by Gasteiger charge is 2.48. The Labute approximate surface area is 156 Å². The Morgan fingerprint density at radius 1 is 1.08 bits per heavy atom. The second kappa shape index (κ2) is 7.37. The number of hydrogen-bond acceptors (Lipinski definition) is 5. The summed E-state index contributed by atoms with van der Waals surface area (Å²) in [6.07, 6.45) is 5.12. The molecule has 2 aliphatic rings. The van der Waals surface area contributed by atoms with Crippen LogP contribution in [0.4, 0.5) is 0 Å². The summed E-state index contributed by atoms with van der Waals surface area (Å²) in [5.74, 6) is 0.907. The van der Waals surface area contributed by atoms with Crippen molar-refractivity contribution in [2.45, 2.75) is 50.0 Å². The van der Waals surface area contributed by atoms with Crippen LogP contribution >= 0.6 is 0 Å². The highest BCUT2D eigenvalue weighted by molar-refractivity contribution is 7.89. The maximum Gasteiger partial charge on any atom is 0.246 e.